The van der Waals surface area contributed by atoms with Crippen LogP contribution in [0.5, 0.6) is 0 Å². The molecule has 1 saturated carbocycles. The topological polar surface area (TPSA) is 77.9 Å². The molecule has 4 rings (SSSR count). The van der Waals surface area contributed by atoms with Crippen LogP contribution in [0.1, 0.15) is 55.6 Å². The Balaban J connectivity index is 1.55. The van der Waals surface area contributed by atoms with E-state index in [1.807, 2.05) is 29.2 Å². The van der Waals surface area contributed by atoms with Gasteiger partial charge in [-0.25, -0.2) is 0 Å². The molecule has 2 heterocycles. The highest BCUT2D eigenvalue weighted by molar-refractivity contribution is 5.89. The van der Waals surface area contributed by atoms with Crippen LogP contribution in [0.15, 0.2) is 24.3 Å². The summed E-state index contributed by atoms with van der Waals surface area (Å²) >= 11 is 0. The third-order valence-electron chi connectivity index (χ3n) is 6.62. The maximum Gasteiger partial charge on any atom is 0.312 e. The third kappa shape index (κ3) is 3.52. The molecule has 6 nitrogen and oxygen atoms in total. The summed E-state index contributed by atoms with van der Waals surface area (Å²) in [7, 11) is 0. The van der Waals surface area contributed by atoms with Gasteiger partial charge in [0.1, 0.15) is 0 Å². The van der Waals surface area contributed by atoms with Gasteiger partial charge in [-0.15, -0.1) is 0 Å². The second kappa shape index (κ2) is 7.94. The van der Waals surface area contributed by atoms with Crippen molar-refractivity contribution in [1.82, 2.24) is 9.80 Å². The first-order valence-electron chi connectivity index (χ1n) is 10.4. The Morgan fingerprint density at radius 2 is 1.46 bits per heavy atom. The van der Waals surface area contributed by atoms with E-state index in [0.29, 0.717) is 6.54 Å². The first-order valence-corrected chi connectivity index (χ1v) is 10.4. The summed E-state index contributed by atoms with van der Waals surface area (Å²) in [4.78, 5) is 41.9. The molecule has 2 aliphatic heterocycles. The van der Waals surface area contributed by atoms with Crippen LogP contribution in [-0.2, 0) is 20.9 Å². The predicted octanol–water partition coefficient (Wildman–Crippen LogP) is 2.63. The van der Waals surface area contributed by atoms with Crippen molar-refractivity contribution in [1.29, 1.82) is 0 Å². The quantitative estimate of drug-likeness (QED) is 0.869. The number of carboxylic acid groups (broad SMARTS) is 1. The number of nitrogens with zero attached hydrogens (tertiary/aromatic N) is 2. The first-order chi connectivity index (χ1) is 13.6. The zero-order valence-corrected chi connectivity index (χ0v) is 16.2. The van der Waals surface area contributed by atoms with Gasteiger partial charge in [-0.05, 0) is 36.8 Å². The number of benzene rings is 1. The van der Waals surface area contributed by atoms with Crippen LogP contribution in [0.4, 0.5) is 0 Å². The summed E-state index contributed by atoms with van der Waals surface area (Å²) in [6.07, 6.45) is 5.50. The van der Waals surface area contributed by atoms with Crippen LogP contribution in [0.3, 0.4) is 0 Å². The van der Waals surface area contributed by atoms with Gasteiger partial charge in [0.2, 0.25) is 11.8 Å². The zero-order chi connectivity index (χ0) is 19.7. The lowest BCUT2D eigenvalue weighted by Gasteiger charge is -2.39. The number of hydrogen-bond acceptors (Lipinski definition) is 3. The number of amides is 2. The highest BCUT2D eigenvalue weighted by atomic mass is 16.4. The molecule has 0 spiro atoms. The molecule has 1 aliphatic carbocycles. The van der Waals surface area contributed by atoms with Crippen molar-refractivity contribution in [3.05, 3.63) is 35.4 Å². The van der Waals surface area contributed by atoms with E-state index in [-0.39, 0.29) is 30.2 Å². The molecule has 0 aromatic heterocycles. The van der Waals surface area contributed by atoms with Crippen molar-refractivity contribution >= 4 is 17.8 Å². The third-order valence-corrected chi connectivity index (χ3v) is 6.62. The minimum absolute atomic E-state index is 0.0435. The molecule has 1 saturated heterocycles. The highest BCUT2D eigenvalue weighted by Crippen LogP contribution is 2.36. The molecule has 2 amide bonds. The van der Waals surface area contributed by atoms with E-state index in [2.05, 4.69) is 0 Å². The van der Waals surface area contributed by atoms with Crippen LogP contribution in [0.25, 0.3) is 0 Å². The van der Waals surface area contributed by atoms with Crippen LogP contribution >= 0.6 is 0 Å². The van der Waals surface area contributed by atoms with Crippen LogP contribution in [0.2, 0.25) is 0 Å². The Morgan fingerprint density at radius 3 is 2.11 bits per heavy atom. The van der Waals surface area contributed by atoms with Crippen molar-refractivity contribution in [2.45, 2.75) is 51.0 Å². The molecule has 3 unspecified atom stereocenters. The molecular formula is C22H28N2O4. The van der Waals surface area contributed by atoms with Gasteiger partial charge in [0.05, 0.1) is 5.92 Å². The highest BCUT2D eigenvalue weighted by Gasteiger charge is 2.42. The number of hydrogen-bond donors (Lipinski definition) is 1. The summed E-state index contributed by atoms with van der Waals surface area (Å²) in [6, 6.07) is 7.47. The normalized spacial score (nSPS) is 27.4. The van der Waals surface area contributed by atoms with Crippen molar-refractivity contribution in [2.75, 3.05) is 19.6 Å². The fraction of sp³-hybridized carbons (Fsp3) is 0.591. The number of likely N-dealkylation sites (tertiary alicyclic amines) is 1. The van der Waals surface area contributed by atoms with E-state index in [0.717, 1.165) is 62.7 Å². The molecule has 6 heteroatoms. The second-order valence-corrected chi connectivity index (χ2v) is 8.34. The van der Waals surface area contributed by atoms with E-state index in [1.165, 1.54) is 0 Å². The largest absolute Gasteiger partial charge is 0.481 e. The van der Waals surface area contributed by atoms with E-state index in [1.54, 1.807) is 4.90 Å². The zero-order valence-electron chi connectivity index (χ0n) is 16.2. The number of carboxylic acids is 1. The Bertz CT molecular complexity index is 772. The average Bonchev–Trinajstić information content (AvgIpc) is 3.26. The SMILES string of the molecule is O=C(O)C1CN(C(=O)C2CCCCC2C(=O)N2CCCC2)Cc2ccccc21. The van der Waals surface area contributed by atoms with Gasteiger partial charge in [-0.3, -0.25) is 14.4 Å². The van der Waals surface area contributed by atoms with E-state index in [4.69, 9.17) is 0 Å². The molecule has 28 heavy (non-hydrogen) atoms. The summed E-state index contributed by atoms with van der Waals surface area (Å²) < 4.78 is 0. The molecule has 3 atom stereocenters. The van der Waals surface area contributed by atoms with Gasteiger partial charge >= 0.3 is 5.97 Å². The Hall–Kier alpha value is -2.37. The Labute approximate surface area is 165 Å². The van der Waals surface area contributed by atoms with E-state index in [9.17, 15) is 19.5 Å². The number of fused-ring (bicyclic) bond motifs is 1. The van der Waals surface area contributed by atoms with E-state index >= 15 is 0 Å². The molecule has 0 radical (unpaired) electrons. The second-order valence-electron chi connectivity index (χ2n) is 8.34. The predicted molar refractivity (Wildman–Crippen MR) is 103 cm³/mol. The van der Waals surface area contributed by atoms with E-state index < -0.39 is 11.9 Å². The monoisotopic (exact) mass is 384 g/mol. The first kappa shape index (κ1) is 19.0. The lowest BCUT2D eigenvalue weighted by molar-refractivity contribution is -0.150. The molecule has 3 aliphatic rings. The number of rotatable bonds is 3. The maximum absolute atomic E-state index is 13.4. The molecular weight excluding hydrogens is 356 g/mol. The Morgan fingerprint density at radius 1 is 0.857 bits per heavy atom. The van der Waals surface area contributed by atoms with Crippen LogP contribution in [0, 0.1) is 11.8 Å². The number of carbonyl (C=O) groups is 3. The standard InChI is InChI=1S/C22H28N2O4/c25-20(23-11-5-6-12-23)17-9-3-4-10-18(17)21(26)24-13-15-7-1-2-8-16(15)19(14-24)22(27)28/h1-2,7-8,17-19H,3-6,9-14H2,(H,27,28). The molecule has 150 valence electrons. The number of carbonyl (C=O) groups excluding carboxylic acids is 2. The summed E-state index contributed by atoms with van der Waals surface area (Å²) in [5.74, 6) is -2.09. The van der Waals surface area contributed by atoms with Gasteiger partial charge in [-0.1, -0.05) is 37.1 Å². The lowest BCUT2D eigenvalue weighted by Crippen LogP contribution is -2.48. The summed E-state index contributed by atoms with van der Waals surface area (Å²) in [5.41, 5.74) is 1.69. The van der Waals surface area contributed by atoms with Gasteiger partial charge < -0.3 is 14.9 Å². The average molecular weight is 384 g/mol. The molecule has 0 bridgehead atoms. The molecule has 1 aromatic rings. The Kier molecular flexibility index (Phi) is 5.38. The fourth-order valence-corrected chi connectivity index (χ4v) is 5.11. The van der Waals surface area contributed by atoms with Gasteiger partial charge in [0, 0.05) is 38.0 Å². The number of aliphatic carboxylic acids is 1. The van der Waals surface area contributed by atoms with Crippen molar-refractivity contribution in [3.63, 3.8) is 0 Å². The van der Waals surface area contributed by atoms with Crippen molar-refractivity contribution < 1.29 is 19.5 Å². The molecule has 1 N–H and O–H groups in total. The summed E-state index contributed by atoms with van der Waals surface area (Å²) in [5, 5.41) is 9.68. The molecule has 2 fully saturated rings. The van der Waals surface area contributed by atoms with Crippen LogP contribution in [-0.4, -0.2) is 52.3 Å². The maximum atomic E-state index is 13.4. The smallest absolute Gasteiger partial charge is 0.312 e. The van der Waals surface area contributed by atoms with Gasteiger partial charge in [0.25, 0.3) is 0 Å². The fourth-order valence-electron chi connectivity index (χ4n) is 5.11. The lowest BCUT2D eigenvalue weighted by atomic mass is 9.77. The van der Waals surface area contributed by atoms with Gasteiger partial charge in [-0.2, -0.15) is 0 Å². The van der Waals surface area contributed by atoms with Crippen LogP contribution < -0.4 is 0 Å². The molecule has 1 aromatic carbocycles. The van der Waals surface area contributed by atoms with Crippen molar-refractivity contribution in [3.8, 4) is 0 Å². The minimum atomic E-state index is -0.904. The minimum Gasteiger partial charge on any atom is -0.481 e. The van der Waals surface area contributed by atoms with Gasteiger partial charge in [0.15, 0.2) is 0 Å². The summed E-state index contributed by atoms with van der Waals surface area (Å²) in [6.45, 7) is 2.22. The van der Waals surface area contributed by atoms with Crippen molar-refractivity contribution in [2.24, 2.45) is 11.8 Å².